The number of hydrogen-bond donors (Lipinski definition) is 1. The molecule has 1 atom stereocenters. The van der Waals surface area contributed by atoms with Gasteiger partial charge in [-0.1, -0.05) is 29.8 Å². The average Bonchev–Trinajstić information content (AvgIpc) is 2.91. The van der Waals surface area contributed by atoms with Crippen LogP contribution in [-0.4, -0.2) is 25.6 Å². The molecule has 0 spiro atoms. The molecule has 5 heteroatoms. The minimum absolute atomic E-state index is 0.0436. The third kappa shape index (κ3) is 3.06. The van der Waals surface area contributed by atoms with Crippen LogP contribution in [0.25, 0.3) is 0 Å². The number of methoxy groups -OCH3 is 1. The number of anilines is 2. The lowest BCUT2D eigenvalue weighted by molar-refractivity contribution is -0.117. The van der Waals surface area contributed by atoms with Crippen molar-refractivity contribution >= 4 is 28.9 Å². The summed E-state index contributed by atoms with van der Waals surface area (Å²) in [7, 11) is 1.59. The fraction of sp³-hybridized carbons (Fsp3) is 0.316. The zero-order valence-electron chi connectivity index (χ0n) is 14.1. The molecule has 0 radical (unpaired) electrons. The summed E-state index contributed by atoms with van der Waals surface area (Å²) in [4.78, 5) is 14.6. The number of nitrogens with one attached hydrogen (secondary N) is 1. The molecule has 1 N–H and O–H groups in total. The Kier molecular flexibility index (Phi) is 4.67. The van der Waals surface area contributed by atoms with Gasteiger partial charge in [0.2, 0.25) is 5.91 Å². The van der Waals surface area contributed by atoms with Crippen molar-refractivity contribution in [2.45, 2.75) is 26.3 Å². The molecular formula is C19H21ClN2O2. The molecule has 4 nitrogen and oxygen atoms in total. The highest BCUT2D eigenvalue weighted by Gasteiger charge is 2.30. The molecular weight excluding hydrogens is 324 g/mol. The molecule has 3 rings (SSSR count). The van der Waals surface area contributed by atoms with E-state index in [1.807, 2.05) is 36.1 Å². The van der Waals surface area contributed by atoms with Crippen molar-refractivity contribution in [1.29, 1.82) is 0 Å². The predicted molar refractivity (Wildman–Crippen MR) is 98.3 cm³/mol. The molecule has 0 unspecified atom stereocenters. The van der Waals surface area contributed by atoms with Crippen molar-refractivity contribution in [2.24, 2.45) is 0 Å². The van der Waals surface area contributed by atoms with Crippen molar-refractivity contribution in [3.05, 3.63) is 52.5 Å². The van der Waals surface area contributed by atoms with E-state index < -0.39 is 0 Å². The maximum Gasteiger partial charge on any atom is 0.246 e. The summed E-state index contributed by atoms with van der Waals surface area (Å²) in [6, 6.07) is 11.9. The van der Waals surface area contributed by atoms with Crippen molar-refractivity contribution in [1.82, 2.24) is 0 Å². The van der Waals surface area contributed by atoms with Crippen LogP contribution >= 0.6 is 11.6 Å². The first-order valence-corrected chi connectivity index (χ1v) is 8.37. The lowest BCUT2D eigenvalue weighted by Gasteiger charge is -2.23. The fourth-order valence-corrected chi connectivity index (χ4v) is 3.33. The highest BCUT2D eigenvalue weighted by Crippen LogP contribution is 2.33. The number of para-hydroxylation sites is 1. The van der Waals surface area contributed by atoms with Gasteiger partial charge >= 0.3 is 0 Å². The summed E-state index contributed by atoms with van der Waals surface area (Å²) in [5.41, 5.74) is 3.94. The lowest BCUT2D eigenvalue weighted by atomic mass is 10.1. The highest BCUT2D eigenvalue weighted by atomic mass is 35.5. The number of hydrogen-bond acceptors (Lipinski definition) is 3. The van der Waals surface area contributed by atoms with E-state index in [0.717, 1.165) is 23.4 Å². The summed E-state index contributed by atoms with van der Waals surface area (Å²) in [6.45, 7) is 4.20. The van der Waals surface area contributed by atoms with Crippen LogP contribution in [0.1, 0.15) is 18.1 Å². The Bertz CT molecular complexity index is 776. The number of amides is 1. The number of rotatable bonds is 4. The van der Waals surface area contributed by atoms with Crippen LogP contribution in [0.3, 0.4) is 0 Å². The number of benzene rings is 2. The quantitative estimate of drug-likeness (QED) is 0.909. The molecule has 1 aliphatic rings. The Morgan fingerprint density at radius 1 is 1.38 bits per heavy atom. The standard InChI is InChI=1S/C19H21ClN2O2/c1-12-8-16(18(24-3)10-15(12)20)21-11-19(23)22-13(2)9-14-6-4-5-7-17(14)22/h4-8,10,13,21H,9,11H2,1-3H3/t13-/m1/s1. The van der Waals surface area contributed by atoms with Gasteiger partial charge in [-0.3, -0.25) is 4.79 Å². The zero-order valence-corrected chi connectivity index (χ0v) is 14.9. The van der Waals surface area contributed by atoms with Crippen molar-refractivity contribution < 1.29 is 9.53 Å². The maximum atomic E-state index is 12.7. The number of nitrogens with zero attached hydrogens (tertiary/aromatic N) is 1. The second kappa shape index (κ2) is 6.73. The van der Waals surface area contributed by atoms with Crippen LogP contribution in [0.15, 0.2) is 36.4 Å². The van der Waals surface area contributed by atoms with Gasteiger partial charge in [-0.2, -0.15) is 0 Å². The van der Waals surface area contributed by atoms with Gasteiger partial charge in [0.25, 0.3) is 0 Å². The predicted octanol–water partition coefficient (Wildman–Crippen LogP) is 4.05. The number of carbonyl (C=O) groups excluding carboxylic acids is 1. The molecule has 0 bridgehead atoms. The largest absolute Gasteiger partial charge is 0.495 e. The topological polar surface area (TPSA) is 41.6 Å². The van der Waals surface area contributed by atoms with Gasteiger partial charge in [0, 0.05) is 22.8 Å². The lowest BCUT2D eigenvalue weighted by Crippen LogP contribution is -2.39. The molecule has 0 saturated heterocycles. The van der Waals surface area contributed by atoms with Crippen LogP contribution in [-0.2, 0) is 11.2 Å². The van der Waals surface area contributed by atoms with E-state index in [1.54, 1.807) is 13.2 Å². The Labute approximate surface area is 147 Å². The molecule has 24 heavy (non-hydrogen) atoms. The van der Waals surface area contributed by atoms with E-state index in [4.69, 9.17) is 16.3 Å². The fourth-order valence-electron chi connectivity index (χ4n) is 3.17. The van der Waals surface area contributed by atoms with Crippen LogP contribution < -0.4 is 15.0 Å². The third-order valence-corrected chi connectivity index (χ3v) is 4.79. The number of aryl methyl sites for hydroxylation is 1. The smallest absolute Gasteiger partial charge is 0.246 e. The Morgan fingerprint density at radius 3 is 2.88 bits per heavy atom. The molecule has 0 aromatic heterocycles. The van der Waals surface area contributed by atoms with Crippen molar-refractivity contribution in [2.75, 3.05) is 23.9 Å². The van der Waals surface area contributed by atoms with E-state index in [-0.39, 0.29) is 18.5 Å². The van der Waals surface area contributed by atoms with Gasteiger partial charge < -0.3 is 15.0 Å². The monoisotopic (exact) mass is 344 g/mol. The van der Waals surface area contributed by atoms with Crippen molar-refractivity contribution in [3.8, 4) is 5.75 Å². The maximum absolute atomic E-state index is 12.7. The Morgan fingerprint density at radius 2 is 2.12 bits per heavy atom. The molecule has 1 heterocycles. The Balaban J connectivity index is 1.76. The zero-order chi connectivity index (χ0) is 17.3. The molecule has 126 valence electrons. The van der Waals surface area contributed by atoms with E-state index in [1.165, 1.54) is 5.56 Å². The summed E-state index contributed by atoms with van der Waals surface area (Å²) in [6.07, 6.45) is 0.894. The van der Waals surface area contributed by atoms with Gasteiger partial charge in [0.15, 0.2) is 0 Å². The summed E-state index contributed by atoms with van der Waals surface area (Å²) < 4.78 is 5.34. The summed E-state index contributed by atoms with van der Waals surface area (Å²) in [5, 5.41) is 3.83. The summed E-state index contributed by atoms with van der Waals surface area (Å²) in [5.74, 6) is 0.676. The van der Waals surface area contributed by atoms with Crippen LogP contribution in [0.2, 0.25) is 5.02 Å². The van der Waals surface area contributed by atoms with Crippen LogP contribution in [0, 0.1) is 6.92 Å². The first-order chi connectivity index (χ1) is 11.5. The molecule has 2 aromatic carbocycles. The third-order valence-electron chi connectivity index (χ3n) is 4.39. The molecule has 2 aromatic rings. The number of halogens is 1. The van der Waals surface area contributed by atoms with E-state index in [9.17, 15) is 4.79 Å². The van der Waals surface area contributed by atoms with Crippen molar-refractivity contribution in [3.63, 3.8) is 0 Å². The van der Waals surface area contributed by atoms with Gasteiger partial charge in [-0.15, -0.1) is 0 Å². The molecule has 0 saturated carbocycles. The minimum atomic E-state index is 0.0436. The van der Waals surface area contributed by atoms with Gasteiger partial charge in [0.1, 0.15) is 5.75 Å². The number of carbonyl (C=O) groups is 1. The SMILES string of the molecule is COc1cc(Cl)c(C)cc1NCC(=O)N1c2ccccc2C[C@H]1C. The van der Waals surface area contributed by atoms with Gasteiger partial charge in [0.05, 0.1) is 19.3 Å². The average molecular weight is 345 g/mol. The van der Waals surface area contributed by atoms with Crippen LogP contribution in [0.5, 0.6) is 5.75 Å². The van der Waals surface area contributed by atoms with E-state index in [0.29, 0.717) is 10.8 Å². The first kappa shape index (κ1) is 16.7. The van der Waals surface area contributed by atoms with Gasteiger partial charge in [-0.05, 0) is 43.5 Å². The molecule has 0 fully saturated rings. The van der Waals surface area contributed by atoms with E-state index >= 15 is 0 Å². The molecule has 1 aliphatic heterocycles. The van der Waals surface area contributed by atoms with Crippen LogP contribution in [0.4, 0.5) is 11.4 Å². The second-order valence-corrected chi connectivity index (χ2v) is 6.51. The highest BCUT2D eigenvalue weighted by molar-refractivity contribution is 6.31. The Hall–Kier alpha value is -2.20. The molecule has 0 aliphatic carbocycles. The molecule has 1 amide bonds. The first-order valence-electron chi connectivity index (χ1n) is 7.99. The van der Waals surface area contributed by atoms with Gasteiger partial charge in [-0.25, -0.2) is 0 Å². The van der Waals surface area contributed by atoms with E-state index in [2.05, 4.69) is 18.3 Å². The number of ether oxygens (including phenoxy) is 1. The normalized spacial score (nSPS) is 16.0. The minimum Gasteiger partial charge on any atom is -0.495 e. The second-order valence-electron chi connectivity index (χ2n) is 6.10. The summed E-state index contributed by atoms with van der Waals surface area (Å²) >= 11 is 6.12. The number of fused-ring (bicyclic) bond motifs is 1.